The Morgan fingerprint density at radius 1 is 1.30 bits per heavy atom. The summed E-state index contributed by atoms with van der Waals surface area (Å²) in [5.74, 6) is -2.20. The lowest BCUT2D eigenvalue weighted by molar-refractivity contribution is 0.0784. The van der Waals surface area contributed by atoms with Gasteiger partial charge in [-0.25, -0.2) is 8.78 Å². The van der Waals surface area contributed by atoms with Crippen LogP contribution in [0.25, 0.3) is 0 Å². The van der Waals surface area contributed by atoms with E-state index in [1.165, 1.54) is 29.4 Å². The molecular formula is C14H11ClF2N2O. The third-order valence-corrected chi connectivity index (χ3v) is 3.08. The third-order valence-electron chi connectivity index (χ3n) is 2.75. The van der Waals surface area contributed by atoms with Gasteiger partial charge in [0.15, 0.2) is 11.6 Å². The van der Waals surface area contributed by atoms with Crippen molar-refractivity contribution in [2.75, 3.05) is 7.05 Å². The Labute approximate surface area is 119 Å². The maximum Gasteiger partial charge on any atom is 0.256 e. The number of carbonyl (C=O) groups excluding carboxylic acids is 1. The van der Waals surface area contributed by atoms with Gasteiger partial charge in [0.05, 0.1) is 10.6 Å². The van der Waals surface area contributed by atoms with Crippen LogP contribution in [0.2, 0.25) is 5.02 Å². The molecule has 0 bridgehead atoms. The molecule has 1 heterocycles. The fourth-order valence-corrected chi connectivity index (χ4v) is 1.91. The SMILES string of the molecule is CN(Cc1ccc(F)c(F)c1)C(=O)c1cnccc1Cl. The third kappa shape index (κ3) is 3.11. The summed E-state index contributed by atoms with van der Waals surface area (Å²) < 4.78 is 25.9. The molecule has 0 saturated carbocycles. The summed E-state index contributed by atoms with van der Waals surface area (Å²) in [5.41, 5.74) is 0.749. The van der Waals surface area contributed by atoms with Crippen LogP contribution in [0, 0.1) is 11.6 Å². The van der Waals surface area contributed by atoms with Crippen LogP contribution >= 0.6 is 11.6 Å². The minimum absolute atomic E-state index is 0.140. The first kappa shape index (κ1) is 14.4. The van der Waals surface area contributed by atoms with E-state index in [-0.39, 0.29) is 18.0 Å². The number of hydrogen-bond acceptors (Lipinski definition) is 2. The van der Waals surface area contributed by atoms with Gasteiger partial charge in [0.2, 0.25) is 0 Å². The molecule has 0 unspecified atom stereocenters. The van der Waals surface area contributed by atoms with Gasteiger partial charge in [0.25, 0.3) is 5.91 Å². The van der Waals surface area contributed by atoms with Crippen molar-refractivity contribution in [1.82, 2.24) is 9.88 Å². The lowest BCUT2D eigenvalue weighted by Crippen LogP contribution is -2.26. The zero-order valence-corrected chi connectivity index (χ0v) is 11.4. The van der Waals surface area contributed by atoms with E-state index < -0.39 is 11.6 Å². The summed E-state index contributed by atoms with van der Waals surface area (Å²) >= 11 is 5.92. The molecule has 0 aliphatic carbocycles. The molecule has 1 amide bonds. The molecule has 6 heteroatoms. The standard InChI is InChI=1S/C14H11ClF2N2O/c1-19(8-9-2-3-12(16)13(17)6-9)14(20)10-7-18-5-4-11(10)15/h2-7H,8H2,1H3. The fourth-order valence-electron chi connectivity index (χ4n) is 1.72. The summed E-state index contributed by atoms with van der Waals surface area (Å²) in [7, 11) is 1.55. The average Bonchev–Trinajstić information content (AvgIpc) is 2.42. The molecular weight excluding hydrogens is 286 g/mol. The lowest BCUT2D eigenvalue weighted by atomic mass is 10.2. The molecule has 20 heavy (non-hydrogen) atoms. The molecule has 2 aromatic rings. The van der Waals surface area contributed by atoms with Crippen molar-refractivity contribution < 1.29 is 13.6 Å². The molecule has 0 radical (unpaired) electrons. The summed E-state index contributed by atoms with van der Waals surface area (Å²) in [6.45, 7) is 0.140. The summed E-state index contributed by atoms with van der Waals surface area (Å²) in [6.07, 6.45) is 2.85. The summed E-state index contributed by atoms with van der Waals surface area (Å²) in [5, 5.41) is 0.294. The van der Waals surface area contributed by atoms with Crippen LogP contribution < -0.4 is 0 Å². The number of benzene rings is 1. The number of hydrogen-bond donors (Lipinski definition) is 0. The van der Waals surface area contributed by atoms with E-state index in [1.54, 1.807) is 7.05 Å². The van der Waals surface area contributed by atoms with Crippen molar-refractivity contribution in [2.45, 2.75) is 6.54 Å². The van der Waals surface area contributed by atoms with Gasteiger partial charge in [-0.1, -0.05) is 17.7 Å². The quantitative estimate of drug-likeness (QED) is 0.871. The first-order chi connectivity index (χ1) is 9.49. The van der Waals surface area contributed by atoms with E-state index in [4.69, 9.17) is 11.6 Å². The summed E-state index contributed by atoms with van der Waals surface area (Å²) in [4.78, 5) is 17.4. The van der Waals surface area contributed by atoms with Crippen LogP contribution in [-0.2, 0) is 6.54 Å². The molecule has 0 aliphatic rings. The minimum atomic E-state index is -0.942. The Hall–Kier alpha value is -2.01. The molecule has 1 aromatic carbocycles. The van der Waals surface area contributed by atoms with E-state index in [0.29, 0.717) is 10.6 Å². The second-order valence-electron chi connectivity index (χ2n) is 4.27. The largest absolute Gasteiger partial charge is 0.337 e. The molecule has 0 aliphatic heterocycles. The Morgan fingerprint density at radius 3 is 2.70 bits per heavy atom. The van der Waals surface area contributed by atoms with E-state index in [1.807, 2.05) is 0 Å². The number of rotatable bonds is 3. The fraction of sp³-hybridized carbons (Fsp3) is 0.143. The molecule has 3 nitrogen and oxygen atoms in total. The van der Waals surface area contributed by atoms with Gasteiger partial charge in [-0.2, -0.15) is 0 Å². The van der Waals surface area contributed by atoms with Crippen molar-refractivity contribution in [3.8, 4) is 0 Å². The van der Waals surface area contributed by atoms with Crippen LogP contribution in [0.3, 0.4) is 0 Å². The molecule has 2 rings (SSSR count). The van der Waals surface area contributed by atoms with E-state index in [0.717, 1.165) is 12.1 Å². The Bertz CT molecular complexity index is 649. The average molecular weight is 297 g/mol. The van der Waals surface area contributed by atoms with E-state index in [9.17, 15) is 13.6 Å². The predicted molar refractivity (Wildman–Crippen MR) is 71.4 cm³/mol. The van der Waals surface area contributed by atoms with Crippen LogP contribution in [0.5, 0.6) is 0 Å². The predicted octanol–water partition coefficient (Wildman–Crippen LogP) is 3.29. The van der Waals surface area contributed by atoms with Crippen molar-refractivity contribution in [2.24, 2.45) is 0 Å². The molecule has 1 aromatic heterocycles. The Kier molecular flexibility index (Phi) is 4.29. The molecule has 104 valence electrons. The van der Waals surface area contributed by atoms with Crippen molar-refractivity contribution in [3.05, 3.63) is 64.4 Å². The highest BCUT2D eigenvalue weighted by atomic mass is 35.5. The van der Waals surface area contributed by atoms with Crippen molar-refractivity contribution >= 4 is 17.5 Å². The van der Waals surface area contributed by atoms with Gasteiger partial charge in [-0.15, -0.1) is 0 Å². The highest BCUT2D eigenvalue weighted by Gasteiger charge is 2.16. The second kappa shape index (κ2) is 5.96. The minimum Gasteiger partial charge on any atom is -0.337 e. The number of nitrogens with zero attached hydrogens (tertiary/aromatic N) is 2. The number of carbonyl (C=O) groups is 1. The van der Waals surface area contributed by atoms with Crippen LogP contribution in [-0.4, -0.2) is 22.8 Å². The van der Waals surface area contributed by atoms with Gasteiger partial charge in [-0.3, -0.25) is 9.78 Å². The Morgan fingerprint density at radius 2 is 2.05 bits per heavy atom. The molecule has 0 fully saturated rings. The monoisotopic (exact) mass is 296 g/mol. The molecule has 0 saturated heterocycles. The topological polar surface area (TPSA) is 33.2 Å². The number of halogens is 3. The first-order valence-electron chi connectivity index (χ1n) is 5.78. The number of aromatic nitrogens is 1. The molecule has 0 N–H and O–H groups in total. The maximum atomic E-state index is 13.1. The van der Waals surface area contributed by atoms with Gasteiger partial charge >= 0.3 is 0 Å². The van der Waals surface area contributed by atoms with Crippen molar-refractivity contribution in [1.29, 1.82) is 0 Å². The van der Waals surface area contributed by atoms with Crippen LogP contribution in [0.15, 0.2) is 36.7 Å². The number of amides is 1. The summed E-state index contributed by atoms with van der Waals surface area (Å²) in [6, 6.07) is 5.03. The smallest absolute Gasteiger partial charge is 0.256 e. The van der Waals surface area contributed by atoms with Gasteiger partial charge in [0, 0.05) is 26.0 Å². The van der Waals surface area contributed by atoms with Gasteiger partial charge in [0.1, 0.15) is 0 Å². The second-order valence-corrected chi connectivity index (χ2v) is 4.67. The highest BCUT2D eigenvalue weighted by Crippen LogP contribution is 2.17. The normalized spacial score (nSPS) is 10.4. The van der Waals surface area contributed by atoms with Gasteiger partial charge in [-0.05, 0) is 23.8 Å². The maximum absolute atomic E-state index is 13.1. The first-order valence-corrected chi connectivity index (χ1v) is 6.15. The molecule has 0 atom stereocenters. The van der Waals surface area contributed by atoms with E-state index in [2.05, 4.69) is 4.98 Å². The zero-order valence-electron chi connectivity index (χ0n) is 10.6. The van der Waals surface area contributed by atoms with Crippen LogP contribution in [0.1, 0.15) is 15.9 Å². The van der Waals surface area contributed by atoms with E-state index >= 15 is 0 Å². The van der Waals surface area contributed by atoms with Gasteiger partial charge < -0.3 is 4.90 Å². The Balaban J connectivity index is 2.15. The van der Waals surface area contributed by atoms with Crippen LogP contribution in [0.4, 0.5) is 8.78 Å². The van der Waals surface area contributed by atoms with Crippen molar-refractivity contribution in [3.63, 3.8) is 0 Å². The zero-order chi connectivity index (χ0) is 14.7. The lowest BCUT2D eigenvalue weighted by Gasteiger charge is -2.17. The number of pyridine rings is 1. The highest BCUT2D eigenvalue weighted by molar-refractivity contribution is 6.33. The molecule has 0 spiro atoms.